The summed E-state index contributed by atoms with van der Waals surface area (Å²) >= 11 is 0. The smallest absolute Gasteiger partial charge is 0.297 e. The van der Waals surface area contributed by atoms with Crippen LogP contribution in [0.15, 0.2) is 83.3 Å². The number of aryl methyl sites for hydroxylation is 2. The zero-order valence-electron chi connectivity index (χ0n) is 32.3. The van der Waals surface area contributed by atoms with Crippen LogP contribution in [0.2, 0.25) is 0 Å². The molecule has 1 aromatic heterocycles. The van der Waals surface area contributed by atoms with Gasteiger partial charge < -0.3 is 14.2 Å². The minimum atomic E-state index is -0.0627. The first-order valence-electron chi connectivity index (χ1n) is 18.6. The molecular formula is C46H53BN2O. The van der Waals surface area contributed by atoms with Gasteiger partial charge in [-0.1, -0.05) is 112 Å². The molecule has 0 N–H and O–H groups in total. The second-order valence-electron chi connectivity index (χ2n) is 18.7. The number of furan rings is 1. The molecule has 0 saturated heterocycles. The van der Waals surface area contributed by atoms with Gasteiger partial charge in [-0.15, -0.1) is 0 Å². The Morgan fingerprint density at radius 3 is 1.88 bits per heavy atom. The molecular weight excluding hydrogens is 607 g/mol. The lowest BCUT2D eigenvalue weighted by molar-refractivity contribution is 0.282. The Morgan fingerprint density at radius 1 is 0.640 bits per heavy atom. The van der Waals surface area contributed by atoms with Crippen LogP contribution in [-0.2, 0) is 21.7 Å². The second kappa shape index (κ2) is 10.7. The van der Waals surface area contributed by atoms with Gasteiger partial charge in [-0.05, 0) is 113 Å². The zero-order chi connectivity index (χ0) is 35.7. The molecule has 0 atom stereocenters. The average Bonchev–Trinajstić information content (AvgIpc) is 3.46. The first-order valence-corrected chi connectivity index (χ1v) is 18.6. The van der Waals surface area contributed by atoms with E-state index in [-0.39, 0.29) is 28.4 Å². The van der Waals surface area contributed by atoms with E-state index in [0.717, 1.165) is 24.3 Å². The van der Waals surface area contributed by atoms with Gasteiger partial charge in [-0.3, -0.25) is 0 Å². The van der Waals surface area contributed by atoms with Crippen molar-refractivity contribution in [1.82, 2.24) is 0 Å². The number of para-hydroxylation sites is 1. The van der Waals surface area contributed by atoms with E-state index in [9.17, 15) is 0 Å². The number of hydrogen-bond donors (Lipinski definition) is 0. The van der Waals surface area contributed by atoms with Gasteiger partial charge in [0.25, 0.3) is 6.71 Å². The summed E-state index contributed by atoms with van der Waals surface area (Å²) in [4.78, 5) is 5.10. The highest BCUT2D eigenvalue weighted by atomic mass is 16.3. The number of benzene rings is 4. The molecule has 2 aliphatic heterocycles. The Balaban J connectivity index is 1.52. The Morgan fingerprint density at radius 2 is 1.24 bits per heavy atom. The van der Waals surface area contributed by atoms with E-state index in [1.807, 2.05) is 0 Å². The summed E-state index contributed by atoms with van der Waals surface area (Å²) in [6.07, 6.45) is 2.23. The van der Waals surface area contributed by atoms with Gasteiger partial charge in [0.2, 0.25) is 0 Å². The van der Waals surface area contributed by atoms with Crippen LogP contribution in [0.25, 0.3) is 0 Å². The van der Waals surface area contributed by atoms with E-state index in [4.69, 9.17) is 4.42 Å². The van der Waals surface area contributed by atoms with Gasteiger partial charge in [0, 0.05) is 39.4 Å². The van der Waals surface area contributed by atoms with Crippen LogP contribution in [0.4, 0.5) is 34.1 Å². The summed E-state index contributed by atoms with van der Waals surface area (Å²) in [6, 6.07) is 30.2. The van der Waals surface area contributed by atoms with E-state index >= 15 is 0 Å². The molecule has 50 heavy (non-hydrogen) atoms. The molecule has 3 aliphatic rings. The lowest BCUT2D eigenvalue weighted by atomic mass is 9.35. The third kappa shape index (κ3) is 4.84. The van der Waals surface area contributed by atoms with Gasteiger partial charge in [0.05, 0.1) is 11.3 Å². The summed E-state index contributed by atoms with van der Waals surface area (Å²) in [5.41, 5.74) is 17.7. The second-order valence-corrected chi connectivity index (χ2v) is 18.7. The van der Waals surface area contributed by atoms with Gasteiger partial charge >= 0.3 is 0 Å². The topological polar surface area (TPSA) is 19.6 Å². The Bertz CT molecular complexity index is 2170. The molecule has 1 aliphatic carbocycles. The minimum absolute atomic E-state index is 0.00359. The monoisotopic (exact) mass is 660 g/mol. The number of nitrogens with zero attached hydrogens (tertiary/aromatic N) is 2. The quantitative estimate of drug-likeness (QED) is 0.172. The molecule has 0 unspecified atom stereocenters. The molecule has 8 rings (SSSR count). The molecule has 0 saturated carbocycles. The molecule has 3 heterocycles. The standard InChI is InChI=1S/C46H53BN2O/c1-28-25-36-39-37(26-28)49(34-16-14-13-15-29(34)2)35-22-19-31(44(6,7)8)27-33(35)47(39)42-40(38-41(50-42)46(11,12)24-23-45(38,9)10)48(36)32-20-17-30(18-21-32)43(3,4)5/h13-22,25-27H,23-24H2,1-12H3. The molecule has 0 fully saturated rings. The maximum atomic E-state index is 7.48. The van der Waals surface area contributed by atoms with Crippen LogP contribution < -0.4 is 26.4 Å². The fraction of sp³-hybridized carbons (Fsp3) is 0.391. The minimum Gasteiger partial charge on any atom is -0.472 e. The Hall–Kier alpha value is -4.18. The van der Waals surface area contributed by atoms with Crippen molar-refractivity contribution in [2.75, 3.05) is 9.80 Å². The van der Waals surface area contributed by atoms with Gasteiger partial charge in [0.1, 0.15) is 5.76 Å². The molecule has 4 aromatic carbocycles. The highest BCUT2D eigenvalue weighted by Gasteiger charge is 2.52. The Labute approximate surface area is 300 Å². The summed E-state index contributed by atoms with van der Waals surface area (Å²) in [7, 11) is 0. The third-order valence-electron chi connectivity index (χ3n) is 11.9. The van der Waals surface area contributed by atoms with Crippen LogP contribution in [0.1, 0.15) is 116 Å². The van der Waals surface area contributed by atoms with Gasteiger partial charge in [-0.2, -0.15) is 0 Å². The molecule has 256 valence electrons. The number of anilines is 6. The van der Waals surface area contributed by atoms with E-state index in [1.165, 1.54) is 72.9 Å². The normalized spacial score (nSPS) is 17.2. The van der Waals surface area contributed by atoms with Crippen LogP contribution in [0, 0.1) is 13.8 Å². The zero-order valence-corrected chi connectivity index (χ0v) is 32.3. The van der Waals surface area contributed by atoms with Gasteiger partial charge in [-0.25, -0.2) is 0 Å². The number of hydrogen-bond acceptors (Lipinski definition) is 3. The predicted molar refractivity (Wildman–Crippen MR) is 215 cm³/mol. The SMILES string of the molecule is Cc1cc2c3c(c1)N(c1ccc(C(C)(C)C)cc1)c1c(oc4c1C(C)(C)CCC4(C)C)B3c1cc(C(C)(C)C)ccc1N2c1ccccc1C. The van der Waals surface area contributed by atoms with Crippen LogP contribution in [-0.4, -0.2) is 6.71 Å². The van der Waals surface area contributed by atoms with E-state index in [1.54, 1.807) is 0 Å². The van der Waals surface area contributed by atoms with Crippen molar-refractivity contribution in [3.05, 3.63) is 112 Å². The summed E-state index contributed by atoms with van der Waals surface area (Å²) < 4.78 is 7.48. The molecule has 4 heteroatoms. The highest BCUT2D eigenvalue weighted by Crippen LogP contribution is 2.54. The third-order valence-corrected chi connectivity index (χ3v) is 11.9. The number of fused-ring (bicyclic) bond motifs is 6. The van der Waals surface area contributed by atoms with Crippen molar-refractivity contribution in [2.24, 2.45) is 0 Å². The fourth-order valence-corrected chi connectivity index (χ4v) is 8.84. The molecule has 0 bridgehead atoms. The average molecular weight is 661 g/mol. The lowest BCUT2D eigenvalue weighted by Crippen LogP contribution is -2.61. The van der Waals surface area contributed by atoms with Gasteiger partial charge in [0.15, 0.2) is 0 Å². The van der Waals surface area contributed by atoms with E-state index in [0.29, 0.717) is 0 Å². The molecule has 0 radical (unpaired) electrons. The van der Waals surface area contributed by atoms with Crippen LogP contribution in [0.3, 0.4) is 0 Å². The van der Waals surface area contributed by atoms with Crippen molar-refractivity contribution < 1.29 is 4.42 Å². The number of rotatable bonds is 2. The van der Waals surface area contributed by atoms with Crippen molar-refractivity contribution in [2.45, 2.75) is 118 Å². The van der Waals surface area contributed by atoms with E-state index in [2.05, 4.69) is 172 Å². The molecule has 0 amide bonds. The van der Waals surface area contributed by atoms with E-state index < -0.39 is 0 Å². The summed E-state index contributed by atoms with van der Waals surface area (Å²) in [5, 5.41) is 0. The van der Waals surface area contributed by atoms with Crippen molar-refractivity contribution >= 4 is 57.4 Å². The largest absolute Gasteiger partial charge is 0.472 e. The lowest BCUT2D eigenvalue weighted by Gasteiger charge is -2.44. The van der Waals surface area contributed by atoms with Crippen molar-refractivity contribution in [1.29, 1.82) is 0 Å². The van der Waals surface area contributed by atoms with Crippen LogP contribution in [0.5, 0.6) is 0 Å². The van der Waals surface area contributed by atoms with Crippen molar-refractivity contribution in [3.63, 3.8) is 0 Å². The fourth-order valence-electron chi connectivity index (χ4n) is 8.84. The van der Waals surface area contributed by atoms with Crippen molar-refractivity contribution in [3.8, 4) is 0 Å². The highest BCUT2D eigenvalue weighted by molar-refractivity contribution is 6.99. The molecule has 3 nitrogen and oxygen atoms in total. The molecule has 0 spiro atoms. The predicted octanol–water partition coefficient (Wildman–Crippen LogP) is 10.9. The Kier molecular flexibility index (Phi) is 7.04. The maximum absolute atomic E-state index is 7.48. The first-order chi connectivity index (χ1) is 23.4. The maximum Gasteiger partial charge on any atom is 0.297 e. The molecule has 5 aromatic rings. The summed E-state index contributed by atoms with van der Waals surface area (Å²) in [5.74, 6) is 1.16. The van der Waals surface area contributed by atoms with Crippen LogP contribution >= 0.6 is 0 Å². The summed E-state index contributed by atoms with van der Waals surface area (Å²) in [6.45, 7) is 27.9. The first kappa shape index (κ1) is 33.0.